The molecule has 1 unspecified atom stereocenters. The number of nitro benzene ring substituents is 1. The predicted octanol–water partition coefficient (Wildman–Crippen LogP) is 0.994. The van der Waals surface area contributed by atoms with E-state index in [1.165, 1.54) is 26.2 Å². The first kappa shape index (κ1) is 17.3. The lowest BCUT2D eigenvalue weighted by atomic mass is 10.2. The van der Waals surface area contributed by atoms with Crippen molar-refractivity contribution in [1.82, 2.24) is 4.31 Å². The molecule has 0 saturated carbocycles. The molecular formula is C12H20N4O4S. The first-order chi connectivity index (χ1) is 9.73. The molecule has 0 bridgehead atoms. The van der Waals surface area contributed by atoms with Gasteiger partial charge in [-0.15, -0.1) is 0 Å². The maximum Gasteiger partial charge on any atom is 0.293 e. The fourth-order valence-electron chi connectivity index (χ4n) is 1.70. The Balaban J connectivity index is 3.29. The summed E-state index contributed by atoms with van der Waals surface area (Å²) in [5, 5.41) is 14.1. The lowest BCUT2D eigenvalue weighted by Crippen LogP contribution is -2.28. The molecule has 9 heteroatoms. The van der Waals surface area contributed by atoms with Crippen LogP contribution in [0.1, 0.15) is 13.3 Å². The van der Waals surface area contributed by atoms with Crippen molar-refractivity contribution in [2.75, 3.05) is 26.0 Å². The summed E-state index contributed by atoms with van der Waals surface area (Å²) in [6.07, 6.45) is 0.700. The molecule has 0 aromatic heterocycles. The van der Waals surface area contributed by atoms with Gasteiger partial charge < -0.3 is 11.1 Å². The molecule has 21 heavy (non-hydrogen) atoms. The van der Waals surface area contributed by atoms with Crippen molar-refractivity contribution in [3.8, 4) is 0 Å². The van der Waals surface area contributed by atoms with E-state index in [0.717, 1.165) is 10.4 Å². The number of nitrogens with two attached hydrogens (primary N) is 1. The molecular weight excluding hydrogens is 296 g/mol. The Bertz CT molecular complexity index is 612. The minimum atomic E-state index is -3.71. The van der Waals surface area contributed by atoms with Crippen LogP contribution in [0.5, 0.6) is 0 Å². The molecule has 0 spiro atoms. The fourth-order valence-corrected chi connectivity index (χ4v) is 2.63. The average Bonchev–Trinajstić information content (AvgIpc) is 2.44. The molecule has 1 aromatic rings. The van der Waals surface area contributed by atoms with Crippen molar-refractivity contribution in [1.29, 1.82) is 0 Å². The first-order valence-electron chi connectivity index (χ1n) is 6.41. The Morgan fingerprint density at radius 3 is 2.48 bits per heavy atom. The molecule has 0 aliphatic rings. The van der Waals surface area contributed by atoms with Gasteiger partial charge in [-0.1, -0.05) is 6.92 Å². The second-order valence-electron chi connectivity index (χ2n) is 4.71. The molecule has 1 rings (SSSR count). The Hall–Kier alpha value is -1.71. The van der Waals surface area contributed by atoms with Crippen molar-refractivity contribution in [2.45, 2.75) is 24.3 Å². The standard InChI is InChI=1S/C12H20N4O4S/c1-4-9(8-13)14-11-6-5-10(7-12(11)16(17)18)21(19,20)15(2)3/h5-7,9,14H,4,8,13H2,1-3H3. The molecule has 8 nitrogen and oxygen atoms in total. The number of nitro groups is 1. The number of nitrogens with one attached hydrogen (secondary N) is 1. The summed E-state index contributed by atoms with van der Waals surface area (Å²) < 4.78 is 25.0. The van der Waals surface area contributed by atoms with E-state index >= 15 is 0 Å². The minimum Gasteiger partial charge on any atom is -0.375 e. The topological polar surface area (TPSA) is 119 Å². The third kappa shape index (κ3) is 3.90. The fraction of sp³-hybridized carbons (Fsp3) is 0.500. The molecule has 1 atom stereocenters. The van der Waals surface area contributed by atoms with Gasteiger partial charge in [-0.25, -0.2) is 12.7 Å². The normalized spacial score (nSPS) is 13.2. The van der Waals surface area contributed by atoms with Crippen molar-refractivity contribution in [3.05, 3.63) is 28.3 Å². The molecule has 0 heterocycles. The smallest absolute Gasteiger partial charge is 0.293 e. The maximum atomic E-state index is 12.0. The Morgan fingerprint density at radius 2 is 2.05 bits per heavy atom. The van der Waals surface area contributed by atoms with E-state index in [4.69, 9.17) is 5.73 Å². The average molecular weight is 316 g/mol. The van der Waals surface area contributed by atoms with Crippen molar-refractivity contribution in [2.24, 2.45) is 5.73 Å². The second kappa shape index (κ2) is 6.83. The van der Waals surface area contributed by atoms with E-state index in [-0.39, 0.29) is 22.3 Å². The monoisotopic (exact) mass is 316 g/mol. The van der Waals surface area contributed by atoms with Crippen LogP contribution in [-0.4, -0.2) is 44.3 Å². The van der Waals surface area contributed by atoms with E-state index in [1.807, 2.05) is 6.92 Å². The number of sulfonamides is 1. The second-order valence-corrected chi connectivity index (χ2v) is 6.86. The molecule has 3 N–H and O–H groups in total. The summed E-state index contributed by atoms with van der Waals surface area (Å²) >= 11 is 0. The quantitative estimate of drug-likeness (QED) is 0.572. The van der Waals surface area contributed by atoms with E-state index in [2.05, 4.69) is 5.32 Å². The van der Waals surface area contributed by atoms with Crippen molar-refractivity contribution >= 4 is 21.4 Å². The zero-order valence-electron chi connectivity index (χ0n) is 12.2. The van der Waals surface area contributed by atoms with Crippen LogP contribution < -0.4 is 11.1 Å². The summed E-state index contributed by atoms with van der Waals surface area (Å²) in [5.41, 5.74) is 5.53. The van der Waals surface area contributed by atoms with Gasteiger partial charge in [0.2, 0.25) is 10.0 Å². The van der Waals surface area contributed by atoms with Gasteiger partial charge in [0, 0.05) is 32.7 Å². The third-order valence-electron chi connectivity index (χ3n) is 3.08. The summed E-state index contributed by atoms with van der Waals surface area (Å²) in [4.78, 5) is 10.4. The number of hydrogen-bond donors (Lipinski definition) is 2. The maximum absolute atomic E-state index is 12.0. The zero-order valence-corrected chi connectivity index (χ0v) is 13.1. The number of benzene rings is 1. The number of anilines is 1. The summed E-state index contributed by atoms with van der Waals surface area (Å²) in [6, 6.07) is 3.68. The van der Waals surface area contributed by atoms with Gasteiger partial charge in [-0.05, 0) is 18.6 Å². The van der Waals surface area contributed by atoms with Gasteiger partial charge in [0.1, 0.15) is 5.69 Å². The highest BCUT2D eigenvalue weighted by Crippen LogP contribution is 2.29. The van der Waals surface area contributed by atoms with Gasteiger partial charge >= 0.3 is 0 Å². The first-order valence-corrected chi connectivity index (χ1v) is 7.85. The van der Waals surface area contributed by atoms with Gasteiger partial charge in [0.05, 0.1) is 9.82 Å². The van der Waals surface area contributed by atoms with Gasteiger partial charge in [0.15, 0.2) is 0 Å². The highest BCUT2D eigenvalue weighted by Gasteiger charge is 2.23. The van der Waals surface area contributed by atoms with Crippen LogP contribution >= 0.6 is 0 Å². The molecule has 1 aromatic carbocycles. The number of hydrogen-bond acceptors (Lipinski definition) is 6. The lowest BCUT2D eigenvalue weighted by molar-refractivity contribution is -0.384. The van der Waals surface area contributed by atoms with E-state index in [0.29, 0.717) is 13.0 Å². The van der Waals surface area contributed by atoms with Crippen LogP contribution in [0.15, 0.2) is 23.1 Å². The third-order valence-corrected chi connectivity index (χ3v) is 4.89. The highest BCUT2D eigenvalue weighted by atomic mass is 32.2. The molecule has 0 amide bonds. The number of nitrogens with zero attached hydrogens (tertiary/aromatic N) is 2. The van der Waals surface area contributed by atoms with Crippen LogP contribution in [0.3, 0.4) is 0 Å². The van der Waals surface area contributed by atoms with Gasteiger partial charge in [-0.2, -0.15) is 0 Å². The zero-order chi connectivity index (χ0) is 16.2. The van der Waals surface area contributed by atoms with E-state index < -0.39 is 14.9 Å². The molecule has 118 valence electrons. The van der Waals surface area contributed by atoms with Crippen molar-refractivity contribution < 1.29 is 13.3 Å². The van der Waals surface area contributed by atoms with Crippen LogP contribution in [0.4, 0.5) is 11.4 Å². The molecule has 0 aliphatic heterocycles. The molecule has 0 aliphatic carbocycles. The SMILES string of the molecule is CCC(CN)Nc1ccc(S(=O)(=O)N(C)C)cc1[N+](=O)[O-]. The highest BCUT2D eigenvalue weighted by molar-refractivity contribution is 7.89. The number of rotatable bonds is 7. The molecule has 0 radical (unpaired) electrons. The van der Waals surface area contributed by atoms with Crippen LogP contribution in [0.25, 0.3) is 0 Å². The largest absolute Gasteiger partial charge is 0.375 e. The summed E-state index contributed by atoms with van der Waals surface area (Å²) in [6.45, 7) is 2.23. The Morgan fingerprint density at radius 1 is 1.43 bits per heavy atom. The van der Waals surface area contributed by atoms with Crippen LogP contribution in [-0.2, 0) is 10.0 Å². The lowest BCUT2D eigenvalue weighted by Gasteiger charge is -2.17. The van der Waals surface area contributed by atoms with Gasteiger partial charge in [0.25, 0.3) is 5.69 Å². The molecule has 0 fully saturated rings. The Kier molecular flexibility index (Phi) is 5.64. The predicted molar refractivity (Wildman–Crippen MR) is 80.7 cm³/mol. The molecule has 0 saturated heterocycles. The van der Waals surface area contributed by atoms with Gasteiger partial charge in [-0.3, -0.25) is 10.1 Å². The van der Waals surface area contributed by atoms with E-state index in [9.17, 15) is 18.5 Å². The summed E-state index contributed by atoms with van der Waals surface area (Å²) in [5.74, 6) is 0. The van der Waals surface area contributed by atoms with Crippen LogP contribution in [0, 0.1) is 10.1 Å². The summed E-state index contributed by atoms with van der Waals surface area (Å²) in [7, 11) is -0.973. The Labute approximate surface area is 124 Å². The minimum absolute atomic E-state index is 0.111. The van der Waals surface area contributed by atoms with Crippen molar-refractivity contribution in [3.63, 3.8) is 0 Å². The van der Waals surface area contributed by atoms with E-state index in [1.54, 1.807) is 0 Å². The van der Waals surface area contributed by atoms with Crippen LogP contribution in [0.2, 0.25) is 0 Å².